The van der Waals surface area contributed by atoms with Crippen molar-refractivity contribution in [3.8, 4) is 0 Å². The maximum atomic E-state index is 13.7. The van der Waals surface area contributed by atoms with Gasteiger partial charge in [0, 0.05) is 29.0 Å². The molecule has 0 saturated carbocycles. The van der Waals surface area contributed by atoms with Crippen molar-refractivity contribution in [2.75, 3.05) is 25.1 Å². The van der Waals surface area contributed by atoms with E-state index in [-0.39, 0.29) is 19.5 Å². The van der Waals surface area contributed by atoms with E-state index in [0.29, 0.717) is 11.4 Å². The Hall–Kier alpha value is -0.990. The predicted octanol–water partition coefficient (Wildman–Crippen LogP) is 3.57. The van der Waals surface area contributed by atoms with Gasteiger partial charge in [-0.05, 0) is 42.0 Å². The number of hydrogen-bond donors (Lipinski definition) is 0. The molecule has 4 nitrogen and oxygen atoms in total. The summed E-state index contributed by atoms with van der Waals surface area (Å²) >= 11 is 2.13. The Bertz CT molecular complexity index is 608. The van der Waals surface area contributed by atoms with Gasteiger partial charge in [0.1, 0.15) is 11.4 Å². The Balaban J connectivity index is 2.49. The molecule has 2 heterocycles. The lowest BCUT2D eigenvalue weighted by Crippen LogP contribution is -2.46. The lowest BCUT2D eigenvalue weighted by atomic mass is 9.95. The minimum absolute atomic E-state index is 0.170. The minimum Gasteiger partial charge on any atom is -0.465 e. The molecule has 122 valence electrons. The van der Waals surface area contributed by atoms with E-state index in [1.54, 1.807) is 4.90 Å². The van der Waals surface area contributed by atoms with Crippen molar-refractivity contribution in [3.63, 3.8) is 0 Å². The zero-order valence-electron chi connectivity index (χ0n) is 13.0. The van der Waals surface area contributed by atoms with E-state index in [9.17, 15) is 13.6 Å². The fourth-order valence-corrected chi connectivity index (χ4v) is 3.06. The fraction of sp³-hybridized carbons (Fsp3) is 0.600. The van der Waals surface area contributed by atoms with Crippen LogP contribution in [-0.2, 0) is 4.74 Å². The normalized spacial score (nSPS) is 20.9. The number of nitrogens with zero attached hydrogens (tertiary/aromatic N) is 2. The molecule has 1 aromatic rings. The second kappa shape index (κ2) is 6.25. The lowest BCUT2D eigenvalue weighted by Gasteiger charge is -2.38. The fourth-order valence-electron chi connectivity index (χ4n) is 2.67. The van der Waals surface area contributed by atoms with Gasteiger partial charge >= 0.3 is 5.97 Å². The first-order valence-corrected chi connectivity index (χ1v) is 8.14. The molecule has 1 aliphatic heterocycles. The van der Waals surface area contributed by atoms with E-state index in [1.165, 1.54) is 14.0 Å². The number of aromatic nitrogens is 1. The first-order valence-electron chi connectivity index (χ1n) is 7.06. The summed E-state index contributed by atoms with van der Waals surface area (Å²) in [5.41, 5.74) is 1.93. The highest BCUT2D eigenvalue weighted by Crippen LogP contribution is 2.36. The average Bonchev–Trinajstić information content (AvgIpc) is 2.46. The van der Waals surface area contributed by atoms with E-state index in [4.69, 9.17) is 4.74 Å². The number of carbonyl (C=O) groups is 1. The Morgan fingerprint density at radius 1 is 1.45 bits per heavy atom. The molecule has 2 rings (SSSR count). The van der Waals surface area contributed by atoms with Gasteiger partial charge in [-0.2, -0.15) is 0 Å². The van der Waals surface area contributed by atoms with E-state index >= 15 is 0 Å². The molecule has 0 bridgehead atoms. The number of methoxy groups -OCH3 is 1. The van der Waals surface area contributed by atoms with Gasteiger partial charge in [0.25, 0.3) is 5.92 Å². The summed E-state index contributed by atoms with van der Waals surface area (Å²) in [6.07, 6.45) is -0.236. The average molecular weight is 424 g/mol. The molecular weight excluding hydrogens is 405 g/mol. The van der Waals surface area contributed by atoms with E-state index in [2.05, 4.69) is 27.6 Å². The third-order valence-corrected chi connectivity index (χ3v) is 5.73. The summed E-state index contributed by atoms with van der Waals surface area (Å²) in [5.74, 6) is -3.49. The number of piperidine rings is 1. The minimum atomic E-state index is -2.67. The quantitative estimate of drug-likeness (QED) is 0.538. The van der Waals surface area contributed by atoms with Crippen LogP contribution in [0.5, 0.6) is 0 Å². The number of esters is 1. The van der Waals surface area contributed by atoms with Gasteiger partial charge in [0.2, 0.25) is 0 Å². The second-order valence-corrected chi connectivity index (χ2v) is 6.76. The van der Waals surface area contributed by atoms with Crippen LogP contribution in [0.1, 0.15) is 35.0 Å². The van der Waals surface area contributed by atoms with Crippen LogP contribution >= 0.6 is 22.6 Å². The van der Waals surface area contributed by atoms with Crippen molar-refractivity contribution in [2.45, 2.75) is 33.1 Å². The molecule has 1 fully saturated rings. The molecule has 7 heteroatoms. The number of hydrogen-bond acceptors (Lipinski definition) is 4. The van der Waals surface area contributed by atoms with Crippen LogP contribution in [0.4, 0.5) is 14.6 Å². The molecule has 1 unspecified atom stereocenters. The molecule has 0 aromatic carbocycles. The molecule has 1 aliphatic rings. The van der Waals surface area contributed by atoms with Gasteiger partial charge in [-0.3, -0.25) is 0 Å². The summed E-state index contributed by atoms with van der Waals surface area (Å²) in [6, 6.07) is 0. The van der Waals surface area contributed by atoms with Gasteiger partial charge in [-0.15, -0.1) is 0 Å². The van der Waals surface area contributed by atoms with Crippen LogP contribution in [0.3, 0.4) is 0 Å². The van der Waals surface area contributed by atoms with Crippen LogP contribution < -0.4 is 4.90 Å². The van der Waals surface area contributed by atoms with Crippen molar-refractivity contribution in [2.24, 2.45) is 5.92 Å². The molecule has 0 amide bonds. The van der Waals surface area contributed by atoms with Gasteiger partial charge in [0.05, 0.1) is 12.8 Å². The maximum absolute atomic E-state index is 13.7. The number of carbonyl (C=O) groups excluding carboxylic acids is 1. The van der Waals surface area contributed by atoms with Gasteiger partial charge in [-0.1, -0.05) is 6.92 Å². The summed E-state index contributed by atoms with van der Waals surface area (Å²) in [6.45, 7) is 5.54. The van der Waals surface area contributed by atoms with E-state index < -0.39 is 17.8 Å². The predicted molar refractivity (Wildman–Crippen MR) is 88.7 cm³/mol. The summed E-state index contributed by atoms with van der Waals surface area (Å²) in [5, 5.41) is 0. The number of halogens is 3. The zero-order chi connectivity index (χ0) is 16.7. The molecule has 0 N–H and O–H groups in total. The van der Waals surface area contributed by atoms with Gasteiger partial charge in [-0.25, -0.2) is 18.6 Å². The molecule has 22 heavy (non-hydrogen) atoms. The van der Waals surface area contributed by atoms with E-state index in [1.807, 2.05) is 13.8 Å². The molecule has 0 spiro atoms. The standard InChI is InChI=1S/C15H19F2IN2O2/c1-8-7-20(6-5-15(8,16)17)13-11(14(21)22-4)9(2)12(18)10(3)19-13/h8H,5-7H2,1-4H3. The molecule has 0 aliphatic carbocycles. The number of anilines is 1. The SMILES string of the molecule is COC(=O)c1c(N2CCC(F)(F)C(C)C2)nc(C)c(I)c1C. The molecule has 1 aromatic heterocycles. The largest absolute Gasteiger partial charge is 0.465 e. The Kier molecular flexibility index (Phi) is 4.93. The number of pyridine rings is 1. The molecular formula is C15H19F2IN2O2. The summed E-state index contributed by atoms with van der Waals surface area (Å²) in [7, 11) is 1.31. The van der Waals surface area contributed by atoms with Crippen LogP contribution in [-0.4, -0.2) is 37.1 Å². The number of alkyl halides is 2. The second-order valence-electron chi connectivity index (χ2n) is 5.68. The summed E-state index contributed by atoms with van der Waals surface area (Å²) in [4.78, 5) is 18.4. The van der Waals surface area contributed by atoms with Crippen LogP contribution in [0, 0.1) is 23.3 Å². The Morgan fingerprint density at radius 2 is 2.09 bits per heavy atom. The first kappa shape index (κ1) is 17.4. The van der Waals surface area contributed by atoms with Crippen molar-refractivity contribution in [1.82, 2.24) is 4.98 Å². The third-order valence-electron chi connectivity index (χ3n) is 4.14. The highest BCUT2D eigenvalue weighted by Gasteiger charge is 2.42. The molecule has 1 atom stereocenters. The van der Waals surface area contributed by atoms with E-state index in [0.717, 1.165) is 14.8 Å². The highest BCUT2D eigenvalue weighted by molar-refractivity contribution is 14.1. The van der Waals surface area contributed by atoms with Crippen molar-refractivity contribution in [1.29, 1.82) is 0 Å². The van der Waals surface area contributed by atoms with Gasteiger partial charge < -0.3 is 9.64 Å². The molecule has 0 radical (unpaired) electrons. The van der Waals surface area contributed by atoms with Crippen molar-refractivity contribution < 1.29 is 18.3 Å². The van der Waals surface area contributed by atoms with Crippen molar-refractivity contribution >= 4 is 34.4 Å². The first-order chi connectivity index (χ1) is 10.2. The lowest BCUT2D eigenvalue weighted by molar-refractivity contribution is -0.0652. The number of rotatable bonds is 2. The zero-order valence-corrected chi connectivity index (χ0v) is 15.2. The van der Waals surface area contributed by atoms with Crippen LogP contribution in [0.25, 0.3) is 0 Å². The Morgan fingerprint density at radius 3 is 2.64 bits per heavy atom. The Labute approximate surface area is 142 Å². The van der Waals surface area contributed by atoms with Crippen LogP contribution in [0.15, 0.2) is 0 Å². The molecule has 1 saturated heterocycles. The summed E-state index contributed by atoms with van der Waals surface area (Å²) < 4.78 is 33.1. The third kappa shape index (κ3) is 3.04. The number of ether oxygens (including phenoxy) is 1. The number of aryl methyl sites for hydroxylation is 1. The monoisotopic (exact) mass is 424 g/mol. The highest BCUT2D eigenvalue weighted by atomic mass is 127. The smallest absolute Gasteiger partial charge is 0.341 e. The topological polar surface area (TPSA) is 42.4 Å². The maximum Gasteiger partial charge on any atom is 0.341 e. The van der Waals surface area contributed by atoms with Gasteiger partial charge in [0.15, 0.2) is 0 Å². The van der Waals surface area contributed by atoms with Crippen LogP contribution in [0.2, 0.25) is 0 Å². The van der Waals surface area contributed by atoms with Crippen molar-refractivity contribution in [3.05, 3.63) is 20.4 Å².